The standard InChI is InChI=1S/C24H32FN3O6/c1-24(2,3)34-23(32)27-9-7-14(8-10-27)16-11-15-13-28(22(31)17(15)12-18(16)25)19(21(26)30)5-6-20(29)33-4/h11-12,14,19H,5-10,13H2,1-4H3,(H2,26,30). The van der Waals surface area contributed by atoms with Gasteiger partial charge in [0.2, 0.25) is 5.91 Å². The largest absolute Gasteiger partial charge is 0.469 e. The second-order valence-electron chi connectivity index (χ2n) is 9.74. The van der Waals surface area contributed by atoms with Crippen LogP contribution in [-0.2, 0) is 25.6 Å². The first-order valence-corrected chi connectivity index (χ1v) is 11.4. The van der Waals surface area contributed by atoms with Gasteiger partial charge in [0.25, 0.3) is 5.91 Å². The van der Waals surface area contributed by atoms with E-state index in [1.54, 1.807) is 31.7 Å². The summed E-state index contributed by atoms with van der Waals surface area (Å²) in [4.78, 5) is 51.6. The number of hydrogen-bond donors (Lipinski definition) is 1. The predicted molar refractivity (Wildman–Crippen MR) is 120 cm³/mol. The molecule has 1 aromatic carbocycles. The van der Waals surface area contributed by atoms with Gasteiger partial charge in [0, 0.05) is 31.6 Å². The molecule has 34 heavy (non-hydrogen) atoms. The zero-order valence-electron chi connectivity index (χ0n) is 20.1. The lowest BCUT2D eigenvalue weighted by molar-refractivity contribution is -0.141. The fourth-order valence-electron chi connectivity index (χ4n) is 4.45. The summed E-state index contributed by atoms with van der Waals surface area (Å²) < 4.78 is 25.1. The molecule has 3 amide bonds. The van der Waals surface area contributed by atoms with Crippen LogP contribution in [0.25, 0.3) is 0 Å². The van der Waals surface area contributed by atoms with Gasteiger partial charge < -0.3 is 25.0 Å². The topological polar surface area (TPSA) is 119 Å². The Kier molecular flexibility index (Phi) is 7.48. The van der Waals surface area contributed by atoms with Crippen molar-refractivity contribution in [3.63, 3.8) is 0 Å². The van der Waals surface area contributed by atoms with Crippen molar-refractivity contribution in [2.24, 2.45) is 5.73 Å². The molecule has 1 atom stereocenters. The molecule has 0 bridgehead atoms. The van der Waals surface area contributed by atoms with Crippen LogP contribution in [0.5, 0.6) is 0 Å². The predicted octanol–water partition coefficient (Wildman–Crippen LogP) is 2.70. The van der Waals surface area contributed by atoms with Crippen molar-refractivity contribution in [1.82, 2.24) is 9.80 Å². The molecule has 0 aliphatic carbocycles. The van der Waals surface area contributed by atoms with Crippen molar-refractivity contribution in [3.05, 3.63) is 34.6 Å². The summed E-state index contributed by atoms with van der Waals surface area (Å²) in [7, 11) is 1.24. The molecule has 1 aromatic rings. The van der Waals surface area contributed by atoms with Gasteiger partial charge in [-0.15, -0.1) is 0 Å². The fourth-order valence-corrected chi connectivity index (χ4v) is 4.45. The van der Waals surface area contributed by atoms with Crippen molar-refractivity contribution < 1.29 is 33.0 Å². The molecule has 9 nitrogen and oxygen atoms in total. The van der Waals surface area contributed by atoms with Crippen molar-refractivity contribution in [1.29, 1.82) is 0 Å². The lowest BCUT2D eigenvalue weighted by Gasteiger charge is -2.33. The quantitative estimate of drug-likeness (QED) is 0.629. The number of fused-ring (bicyclic) bond motifs is 1. The maximum Gasteiger partial charge on any atom is 0.410 e. The summed E-state index contributed by atoms with van der Waals surface area (Å²) in [6.07, 6.45) is 0.706. The molecule has 0 radical (unpaired) electrons. The van der Waals surface area contributed by atoms with E-state index in [9.17, 15) is 19.2 Å². The third kappa shape index (κ3) is 5.66. The molecule has 10 heteroatoms. The van der Waals surface area contributed by atoms with Crippen LogP contribution in [0.1, 0.15) is 73.9 Å². The highest BCUT2D eigenvalue weighted by Crippen LogP contribution is 2.35. The van der Waals surface area contributed by atoms with Gasteiger partial charge in [0.1, 0.15) is 17.5 Å². The summed E-state index contributed by atoms with van der Waals surface area (Å²) >= 11 is 0. The van der Waals surface area contributed by atoms with Gasteiger partial charge in [-0.2, -0.15) is 0 Å². The molecular formula is C24H32FN3O6. The molecule has 2 aliphatic heterocycles. The highest BCUT2D eigenvalue weighted by molar-refractivity contribution is 6.01. The van der Waals surface area contributed by atoms with Gasteiger partial charge in [-0.3, -0.25) is 14.4 Å². The Hall–Kier alpha value is -3.17. The SMILES string of the molecule is COC(=O)CCC(C(N)=O)N1Cc2cc(C3CCN(C(=O)OC(C)(C)C)CC3)c(F)cc2C1=O. The Morgan fingerprint density at radius 3 is 2.41 bits per heavy atom. The summed E-state index contributed by atoms with van der Waals surface area (Å²) in [5.41, 5.74) is 6.20. The molecule has 0 saturated carbocycles. The number of piperidine rings is 1. The van der Waals surface area contributed by atoms with Gasteiger partial charge in [0.05, 0.1) is 7.11 Å². The van der Waals surface area contributed by atoms with Crippen molar-refractivity contribution in [2.45, 2.75) is 70.6 Å². The van der Waals surface area contributed by atoms with E-state index >= 15 is 4.39 Å². The molecule has 0 spiro atoms. The number of halogens is 1. The van der Waals surface area contributed by atoms with Crippen LogP contribution in [0, 0.1) is 5.82 Å². The normalized spacial score (nSPS) is 17.4. The van der Waals surface area contributed by atoms with E-state index in [1.807, 2.05) is 0 Å². The Morgan fingerprint density at radius 2 is 1.85 bits per heavy atom. The van der Waals surface area contributed by atoms with E-state index < -0.39 is 35.2 Å². The van der Waals surface area contributed by atoms with E-state index in [4.69, 9.17) is 10.5 Å². The molecule has 2 heterocycles. The smallest absolute Gasteiger partial charge is 0.410 e. The number of amides is 3. The van der Waals surface area contributed by atoms with Gasteiger partial charge in [-0.05, 0) is 63.1 Å². The molecule has 3 rings (SSSR count). The maximum atomic E-state index is 15.0. The number of carbonyl (C=O) groups is 4. The van der Waals surface area contributed by atoms with Gasteiger partial charge in [0.15, 0.2) is 0 Å². The van der Waals surface area contributed by atoms with E-state index in [0.29, 0.717) is 37.1 Å². The zero-order chi connectivity index (χ0) is 25.2. The molecule has 1 saturated heterocycles. The number of methoxy groups -OCH3 is 1. The van der Waals surface area contributed by atoms with E-state index in [2.05, 4.69) is 4.74 Å². The van der Waals surface area contributed by atoms with Crippen molar-refractivity contribution >= 4 is 23.9 Å². The van der Waals surface area contributed by atoms with Crippen LogP contribution in [0.15, 0.2) is 12.1 Å². The molecule has 1 unspecified atom stereocenters. The van der Waals surface area contributed by atoms with Crippen LogP contribution in [0.3, 0.4) is 0 Å². The number of likely N-dealkylation sites (tertiary alicyclic amines) is 1. The third-order valence-electron chi connectivity index (χ3n) is 6.20. The van der Waals surface area contributed by atoms with Gasteiger partial charge in [-0.25, -0.2) is 9.18 Å². The first-order valence-electron chi connectivity index (χ1n) is 11.4. The number of carbonyl (C=O) groups excluding carboxylic acids is 4. The fraction of sp³-hybridized carbons (Fsp3) is 0.583. The summed E-state index contributed by atoms with van der Waals surface area (Å²) in [6.45, 7) is 6.41. The van der Waals surface area contributed by atoms with Crippen LogP contribution in [0.4, 0.5) is 9.18 Å². The lowest BCUT2D eigenvalue weighted by atomic mass is 9.87. The zero-order valence-corrected chi connectivity index (χ0v) is 20.1. The van der Waals surface area contributed by atoms with Crippen LogP contribution < -0.4 is 5.73 Å². The highest BCUT2D eigenvalue weighted by atomic mass is 19.1. The maximum absolute atomic E-state index is 15.0. The molecule has 2 aliphatic rings. The molecule has 0 aromatic heterocycles. The van der Waals surface area contributed by atoms with Crippen LogP contribution >= 0.6 is 0 Å². The summed E-state index contributed by atoms with van der Waals surface area (Å²) in [5.74, 6) is -2.34. The molecule has 1 fully saturated rings. The second kappa shape index (κ2) is 9.99. The van der Waals surface area contributed by atoms with E-state index in [-0.39, 0.29) is 37.0 Å². The van der Waals surface area contributed by atoms with Crippen LogP contribution in [0.2, 0.25) is 0 Å². The highest BCUT2D eigenvalue weighted by Gasteiger charge is 2.37. The van der Waals surface area contributed by atoms with Crippen molar-refractivity contribution in [3.8, 4) is 0 Å². The number of nitrogens with two attached hydrogens (primary N) is 1. The number of hydrogen-bond acceptors (Lipinski definition) is 6. The van der Waals surface area contributed by atoms with Gasteiger partial charge >= 0.3 is 12.1 Å². The number of primary amides is 1. The lowest BCUT2D eigenvalue weighted by Crippen LogP contribution is -2.45. The molecular weight excluding hydrogens is 445 g/mol. The Balaban J connectivity index is 1.72. The number of ether oxygens (including phenoxy) is 2. The minimum absolute atomic E-state index is 0.0280. The minimum atomic E-state index is -0.998. The van der Waals surface area contributed by atoms with E-state index in [0.717, 1.165) is 0 Å². The number of benzene rings is 1. The molecule has 2 N–H and O–H groups in total. The Bertz CT molecular complexity index is 982. The minimum Gasteiger partial charge on any atom is -0.469 e. The second-order valence-corrected chi connectivity index (χ2v) is 9.74. The first-order chi connectivity index (χ1) is 15.9. The Morgan fingerprint density at radius 1 is 1.21 bits per heavy atom. The average Bonchev–Trinajstić information content (AvgIpc) is 3.07. The van der Waals surface area contributed by atoms with Crippen LogP contribution in [-0.4, -0.2) is 65.5 Å². The summed E-state index contributed by atoms with van der Waals surface area (Å²) in [5, 5.41) is 0. The number of rotatable bonds is 6. The summed E-state index contributed by atoms with van der Waals surface area (Å²) in [6, 6.07) is 1.89. The monoisotopic (exact) mass is 477 g/mol. The average molecular weight is 478 g/mol. The first kappa shape index (κ1) is 25.5. The molecule has 186 valence electrons. The van der Waals surface area contributed by atoms with Crippen molar-refractivity contribution in [2.75, 3.05) is 20.2 Å². The third-order valence-corrected chi connectivity index (χ3v) is 6.20. The number of esters is 1. The number of nitrogens with zero attached hydrogens (tertiary/aromatic N) is 2. The van der Waals surface area contributed by atoms with E-state index in [1.165, 1.54) is 18.1 Å². The Labute approximate surface area is 198 Å². The van der Waals surface area contributed by atoms with Gasteiger partial charge in [-0.1, -0.05) is 6.07 Å².